The average Bonchev–Trinajstić information content (AvgIpc) is 3.18. The zero-order valence-electron chi connectivity index (χ0n) is 16.1. The molecule has 4 rings (SSSR count). The van der Waals surface area contributed by atoms with Gasteiger partial charge in [0, 0.05) is 57.6 Å². The minimum absolute atomic E-state index is 0.0386. The Labute approximate surface area is 166 Å². The molecule has 10 heteroatoms. The van der Waals surface area contributed by atoms with Crippen LogP contribution in [0.5, 0.6) is 0 Å². The molecular weight excluding hydrogens is 387 g/mol. The number of amides is 3. The highest BCUT2D eigenvalue weighted by Crippen LogP contribution is 2.50. The normalized spacial score (nSPS) is 28.9. The van der Waals surface area contributed by atoms with Gasteiger partial charge in [0.1, 0.15) is 0 Å². The molecule has 3 heterocycles. The van der Waals surface area contributed by atoms with E-state index in [1.54, 1.807) is 16.8 Å². The lowest BCUT2D eigenvalue weighted by molar-refractivity contribution is -0.143. The van der Waals surface area contributed by atoms with Crippen LogP contribution in [0.25, 0.3) is 0 Å². The van der Waals surface area contributed by atoms with Crippen LogP contribution in [0.3, 0.4) is 0 Å². The number of alkyl halides is 3. The number of rotatable bonds is 1. The van der Waals surface area contributed by atoms with Gasteiger partial charge in [-0.3, -0.25) is 9.78 Å². The Kier molecular flexibility index (Phi) is 4.71. The van der Waals surface area contributed by atoms with Gasteiger partial charge in [-0.15, -0.1) is 0 Å². The number of carbonyl (C=O) groups is 2. The van der Waals surface area contributed by atoms with Gasteiger partial charge in [0.15, 0.2) is 0 Å². The van der Waals surface area contributed by atoms with E-state index in [4.69, 9.17) is 5.73 Å². The van der Waals surface area contributed by atoms with Crippen molar-refractivity contribution in [2.75, 3.05) is 26.7 Å². The van der Waals surface area contributed by atoms with Crippen LogP contribution in [-0.2, 0) is 23.9 Å². The summed E-state index contributed by atoms with van der Waals surface area (Å²) < 4.78 is 39.2. The van der Waals surface area contributed by atoms with Gasteiger partial charge in [-0.05, 0) is 30.4 Å². The maximum atomic E-state index is 13.6. The zero-order valence-corrected chi connectivity index (χ0v) is 16.1. The second-order valence-electron chi connectivity index (χ2n) is 8.29. The molecule has 0 bridgehead atoms. The summed E-state index contributed by atoms with van der Waals surface area (Å²) >= 11 is 0. The SMILES string of the molecule is CNC(=O)N1C[C@@H]2C[C@@H](N)C[C@]2(C(=O)N2CCc3ncc(C(F)(F)F)cc3C2)C1. The molecule has 1 aromatic heterocycles. The van der Waals surface area contributed by atoms with E-state index in [0.717, 1.165) is 12.3 Å². The maximum Gasteiger partial charge on any atom is 0.417 e. The van der Waals surface area contributed by atoms with E-state index in [1.165, 1.54) is 0 Å². The van der Waals surface area contributed by atoms with Gasteiger partial charge in [0.25, 0.3) is 0 Å². The zero-order chi connectivity index (χ0) is 21.0. The molecule has 1 saturated heterocycles. The molecule has 3 amide bonds. The number of likely N-dealkylation sites (tertiary alicyclic amines) is 1. The van der Waals surface area contributed by atoms with Gasteiger partial charge in [0.2, 0.25) is 5.91 Å². The lowest BCUT2D eigenvalue weighted by atomic mass is 9.78. The molecule has 158 valence electrons. The molecule has 2 fully saturated rings. The highest BCUT2D eigenvalue weighted by atomic mass is 19.4. The molecule has 0 aromatic carbocycles. The minimum atomic E-state index is -4.48. The van der Waals surface area contributed by atoms with Crippen LogP contribution in [0.1, 0.15) is 29.7 Å². The first kappa shape index (κ1) is 19.9. The summed E-state index contributed by atoms with van der Waals surface area (Å²) in [6, 6.07) is 0.734. The fourth-order valence-electron chi connectivity index (χ4n) is 5.13. The number of nitrogens with two attached hydrogens (primary N) is 1. The van der Waals surface area contributed by atoms with Crippen molar-refractivity contribution in [3.63, 3.8) is 0 Å². The van der Waals surface area contributed by atoms with Gasteiger partial charge in [-0.25, -0.2) is 4.79 Å². The van der Waals surface area contributed by atoms with Gasteiger partial charge in [-0.2, -0.15) is 13.2 Å². The minimum Gasteiger partial charge on any atom is -0.341 e. The molecular formula is C19H24F3N5O2. The topological polar surface area (TPSA) is 91.6 Å². The first-order valence-electron chi connectivity index (χ1n) is 9.70. The summed E-state index contributed by atoms with van der Waals surface area (Å²) in [4.78, 5) is 32.9. The summed E-state index contributed by atoms with van der Waals surface area (Å²) in [5, 5.41) is 2.59. The molecule has 7 nitrogen and oxygen atoms in total. The van der Waals surface area contributed by atoms with Crippen LogP contribution in [0.2, 0.25) is 0 Å². The molecule has 2 aliphatic heterocycles. The maximum absolute atomic E-state index is 13.6. The van der Waals surface area contributed by atoms with Crippen molar-refractivity contribution in [3.8, 4) is 0 Å². The molecule has 3 atom stereocenters. The van der Waals surface area contributed by atoms with Gasteiger partial charge >= 0.3 is 12.2 Å². The highest BCUT2D eigenvalue weighted by Gasteiger charge is 2.58. The van der Waals surface area contributed by atoms with Gasteiger partial charge < -0.3 is 20.9 Å². The Morgan fingerprint density at radius 1 is 1.34 bits per heavy atom. The van der Waals surface area contributed by atoms with Crippen molar-refractivity contribution < 1.29 is 22.8 Å². The number of carbonyl (C=O) groups excluding carboxylic acids is 2. The van der Waals surface area contributed by atoms with Crippen molar-refractivity contribution in [2.45, 2.75) is 38.0 Å². The number of hydrogen-bond acceptors (Lipinski definition) is 4. The second kappa shape index (κ2) is 6.86. The molecule has 3 aliphatic rings. The largest absolute Gasteiger partial charge is 0.417 e. The number of urea groups is 1. The third-order valence-electron chi connectivity index (χ3n) is 6.49. The standard InChI is InChI=1S/C19H24F3N5O2/c1-24-17(29)27-9-13-5-14(23)6-18(13,10-27)16(28)26-3-2-15-11(8-26)4-12(7-25-15)19(20,21)22/h4,7,13-14H,2-3,5-6,8-10,23H2,1H3,(H,24,29)/t13-,14+,18-/m0/s1. The first-order valence-corrected chi connectivity index (χ1v) is 9.70. The Balaban J connectivity index is 1.59. The summed E-state index contributed by atoms with van der Waals surface area (Å²) in [7, 11) is 1.55. The van der Waals surface area contributed by atoms with E-state index in [-0.39, 0.29) is 37.0 Å². The molecule has 0 unspecified atom stereocenters. The second-order valence-corrected chi connectivity index (χ2v) is 8.29. The molecule has 3 N–H and O–H groups in total. The molecule has 1 saturated carbocycles. The molecule has 29 heavy (non-hydrogen) atoms. The van der Waals surface area contributed by atoms with E-state index in [1.807, 2.05) is 0 Å². The van der Waals surface area contributed by atoms with Gasteiger partial charge in [0.05, 0.1) is 11.0 Å². The van der Waals surface area contributed by atoms with Crippen molar-refractivity contribution in [1.29, 1.82) is 0 Å². The Morgan fingerprint density at radius 2 is 2.10 bits per heavy atom. The van der Waals surface area contributed by atoms with E-state index in [2.05, 4.69) is 10.3 Å². The number of nitrogens with one attached hydrogen (secondary N) is 1. The number of aromatic nitrogens is 1. The predicted molar refractivity (Wildman–Crippen MR) is 97.5 cm³/mol. The smallest absolute Gasteiger partial charge is 0.341 e. The van der Waals surface area contributed by atoms with Gasteiger partial charge in [-0.1, -0.05) is 0 Å². The van der Waals surface area contributed by atoms with Crippen molar-refractivity contribution >= 4 is 11.9 Å². The summed E-state index contributed by atoms with van der Waals surface area (Å²) in [5.74, 6) is -0.159. The molecule has 1 aromatic rings. The van der Waals surface area contributed by atoms with Crippen molar-refractivity contribution in [2.24, 2.45) is 17.1 Å². The summed E-state index contributed by atoms with van der Waals surface area (Å²) in [5.41, 5.74) is 5.60. The third-order valence-corrected chi connectivity index (χ3v) is 6.49. The fraction of sp³-hybridized carbons (Fsp3) is 0.632. The monoisotopic (exact) mass is 411 g/mol. The Bertz CT molecular complexity index is 846. The summed E-state index contributed by atoms with van der Waals surface area (Å²) in [6.45, 7) is 1.24. The van der Waals surface area contributed by atoms with E-state index >= 15 is 0 Å². The quantitative estimate of drug-likeness (QED) is 0.730. The average molecular weight is 411 g/mol. The summed E-state index contributed by atoms with van der Waals surface area (Å²) in [6.07, 6.45) is -2.09. The number of hydrogen-bond donors (Lipinski definition) is 2. The van der Waals surface area contributed by atoms with Crippen LogP contribution >= 0.6 is 0 Å². The molecule has 0 spiro atoms. The molecule has 0 radical (unpaired) electrons. The fourth-order valence-corrected chi connectivity index (χ4v) is 5.13. The van der Waals surface area contributed by atoms with Crippen LogP contribution in [-0.4, -0.2) is 59.4 Å². The lowest BCUT2D eigenvalue weighted by Crippen LogP contribution is -2.49. The number of fused-ring (bicyclic) bond motifs is 2. The van der Waals surface area contributed by atoms with E-state index in [9.17, 15) is 22.8 Å². The van der Waals surface area contributed by atoms with Crippen molar-refractivity contribution in [3.05, 3.63) is 29.1 Å². The molecule has 1 aliphatic carbocycles. The van der Waals surface area contributed by atoms with Crippen LogP contribution in [0, 0.1) is 11.3 Å². The lowest BCUT2D eigenvalue weighted by Gasteiger charge is -2.37. The van der Waals surface area contributed by atoms with Crippen molar-refractivity contribution in [1.82, 2.24) is 20.1 Å². The first-order chi connectivity index (χ1) is 13.6. The Hall–Kier alpha value is -2.36. The third kappa shape index (κ3) is 3.33. The van der Waals surface area contributed by atoms with E-state index in [0.29, 0.717) is 43.6 Å². The van der Waals surface area contributed by atoms with E-state index < -0.39 is 17.2 Å². The van der Waals surface area contributed by atoms with Crippen LogP contribution in [0.15, 0.2) is 12.3 Å². The number of nitrogens with zero attached hydrogens (tertiary/aromatic N) is 3. The van der Waals surface area contributed by atoms with Crippen LogP contribution in [0.4, 0.5) is 18.0 Å². The van der Waals surface area contributed by atoms with Crippen LogP contribution < -0.4 is 11.1 Å². The highest BCUT2D eigenvalue weighted by molar-refractivity contribution is 5.86. The Morgan fingerprint density at radius 3 is 2.79 bits per heavy atom. The number of pyridine rings is 1. The number of halogens is 3. The predicted octanol–water partition coefficient (Wildman–Crippen LogP) is 1.36.